The summed E-state index contributed by atoms with van der Waals surface area (Å²) in [5, 5.41) is 12.3. The Labute approximate surface area is 67.7 Å². The van der Waals surface area contributed by atoms with Gasteiger partial charge >= 0.3 is 0 Å². The van der Waals surface area contributed by atoms with Gasteiger partial charge in [-0.05, 0) is 5.92 Å². The predicted octanol–water partition coefficient (Wildman–Crippen LogP) is -0.00830. The number of nitrogens with one attached hydrogen (secondary N) is 1. The molecule has 0 amide bonds. The molecule has 0 radical (unpaired) electrons. The molecular weight excluding hydrogens is 142 g/mol. The van der Waals surface area contributed by atoms with E-state index in [1.54, 1.807) is 0 Å². The first kappa shape index (κ1) is 8.97. The Bertz CT molecular complexity index is 113. The second-order valence-electron chi connectivity index (χ2n) is 3.43. The monoisotopic (exact) mass is 159 g/mol. The first-order valence-corrected chi connectivity index (χ1v) is 4.18. The van der Waals surface area contributed by atoms with Crippen LogP contribution in [0.3, 0.4) is 0 Å². The molecule has 0 aromatic carbocycles. The third kappa shape index (κ3) is 2.43. The molecule has 0 aromatic rings. The third-order valence-electron chi connectivity index (χ3n) is 2.09. The Morgan fingerprint density at radius 3 is 2.45 bits per heavy atom. The van der Waals surface area contributed by atoms with Gasteiger partial charge in [-0.1, -0.05) is 13.8 Å². The van der Waals surface area contributed by atoms with Crippen LogP contribution in [0.25, 0.3) is 0 Å². The second kappa shape index (κ2) is 4.04. The molecular formula is C8H17NO2. The minimum atomic E-state index is 0.216. The van der Waals surface area contributed by atoms with Crippen LogP contribution in [-0.4, -0.2) is 37.0 Å². The van der Waals surface area contributed by atoms with Crippen molar-refractivity contribution in [2.45, 2.75) is 25.9 Å². The van der Waals surface area contributed by atoms with E-state index in [2.05, 4.69) is 19.2 Å². The lowest BCUT2D eigenvalue weighted by Crippen LogP contribution is -2.53. The lowest BCUT2D eigenvalue weighted by molar-refractivity contribution is -0.0161. The molecule has 0 aliphatic carbocycles. The quantitative estimate of drug-likeness (QED) is 0.606. The average molecular weight is 159 g/mol. The maximum atomic E-state index is 8.96. The zero-order valence-electron chi connectivity index (χ0n) is 7.21. The standard InChI is InChI=1S/C8H17NO2/c1-6(2)8(3-10)9-7-4-11-5-7/h6-10H,3-5H2,1-2H3/t8-/m1/s1. The number of aliphatic hydroxyl groups is 1. The van der Waals surface area contributed by atoms with E-state index < -0.39 is 0 Å². The Hall–Kier alpha value is -0.120. The first-order valence-electron chi connectivity index (χ1n) is 4.18. The molecule has 1 fully saturated rings. The largest absolute Gasteiger partial charge is 0.395 e. The van der Waals surface area contributed by atoms with Gasteiger partial charge < -0.3 is 15.2 Å². The van der Waals surface area contributed by atoms with Gasteiger partial charge in [-0.3, -0.25) is 0 Å². The highest BCUT2D eigenvalue weighted by atomic mass is 16.5. The molecule has 66 valence electrons. The van der Waals surface area contributed by atoms with Crippen LogP contribution in [0.2, 0.25) is 0 Å². The van der Waals surface area contributed by atoms with Crippen molar-refractivity contribution < 1.29 is 9.84 Å². The molecule has 3 heteroatoms. The highest BCUT2D eigenvalue weighted by Crippen LogP contribution is 2.06. The van der Waals surface area contributed by atoms with Gasteiger partial charge in [0.25, 0.3) is 0 Å². The van der Waals surface area contributed by atoms with Gasteiger partial charge in [-0.2, -0.15) is 0 Å². The summed E-state index contributed by atoms with van der Waals surface area (Å²) in [6.07, 6.45) is 0. The van der Waals surface area contributed by atoms with Gasteiger partial charge in [-0.25, -0.2) is 0 Å². The second-order valence-corrected chi connectivity index (χ2v) is 3.43. The van der Waals surface area contributed by atoms with Crippen molar-refractivity contribution in [2.24, 2.45) is 5.92 Å². The normalized spacial score (nSPS) is 21.8. The summed E-state index contributed by atoms with van der Waals surface area (Å²) in [6.45, 7) is 6.02. The maximum absolute atomic E-state index is 8.96. The van der Waals surface area contributed by atoms with Gasteiger partial charge in [0.1, 0.15) is 0 Å². The lowest BCUT2D eigenvalue weighted by atomic mass is 10.0. The summed E-state index contributed by atoms with van der Waals surface area (Å²) in [4.78, 5) is 0. The molecule has 1 saturated heterocycles. The minimum absolute atomic E-state index is 0.216. The summed E-state index contributed by atoms with van der Waals surface area (Å²) in [6, 6.07) is 0.693. The smallest absolute Gasteiger partial charge is 0.0643 e. The maximum Gasteiger partial charge on any atom is 0.0643 e. The van der Waals surface area contributed by atoms with E-state index in [-0.39, 0.29) is 12.6 Å². The Balaban J connectivity index is 2.19. The van der Waals surface area contributed by atoms with E-state index in [9.17, 15) is 0 Å². The third-order valence-corrected chi connectivity index (χ3v) is 2.09. The van der Waals surface area contributed by atoms with Crippen LogP contribution in [0, 0.1) is 5.92 Å². The fourth-order valence-electron chi connectivity index (χ4n) is 1.09. The highest BCUT2D eigenvalue weighted by Gasteiger charge is 2.22. The van der Waals surface area contributed by atoms with Crippen molar-refractivity contribution in [1.82, 2.24) is 5.32 Å². The number of hydrogen-bond donors (Lipinski definition) is 2. The molecule has 1 aliphatic rings. The minimum Gasteiger partial charge on any atom is -0.395 e. The van der Waals surface area contributed by atoms with Gasteiger partial charge in [-0.15, -0.1) is 0 Å². The fourth-order valence-corrected chi connectivity index (χ4v) is 1.09. The molecule has 1 aliphatic heterocycles. The van der Waals surface area contributed by atoms with E-state index in [0.29, 0.717) is 12.0 Å². The summed E-state index contributed by atoms with van der Waals surface area (Å²) in [7, 11) is 0. The number of hydrogen-bond acceptors (Lipinski definition) is 3. The van der Waals surface area contributed by atoms with Crippen LogP contribution < -0.4 is 5.32 Å². The molecule has 0 aromatic heterocycles. The van der Waals surface area contributed by atoms with Crippen LogP contribution in [0.1, 0.15) is 13.8 Å². The van der Waals surface area contributed by atoms with Gasteiger partial charge in [0.15, 0.2) is 0 Å². The summed E-state index contributed by atoms with van der Waals surface area (Å²) in [5.41, 5.74) is 0. The Morgan fingerprint density at radius 1 is 1.55 bits per heavy atom. The van der Waals surface area contributed by atoms with Crippen LogP contribution in [-0.2, 0) is 4.74 Å². The van der Waals surface area contributed by atoms with E-state index in [1.807, 2.05) is 0 Å². The van der Waals surface area contributed by atoms with E-state index >= 15 is 0 Å². The molecule has 1 rings (SSSR count). The van der Waals surface area contributed by atoms with Crippen LogP contribution >= 0.6 is 0 Å². The summed E-state index contributed by atoms with van der Waals surface area (Å²) in [5.74, 6) is 0.487. The van der Waals surface area contributed by atoms with Crippen molar-refractivity contribution in [3.05, 3.63) is 0 Å². The number of ether oxygens (including phenoxy) is 1. The van der Waals surface area contributed by atoms with Crippen molar-refractivity contribution in [1.29, 1.82) is 0 Å². The molecule has 1 atom stereocenters. The molecule has 0 spiro atoms. The van der Waals surface area contributed by atoms with Gasteiger partial charge in [0, 0.05) is 6.04 Å². The lowest BCUT2D eigenvalue weighted by Gasteiger charge is -2.32. The molecule has 1 heterocycles. The van der Waals surface area contributed by atoms with Gasteiger partial charge in [0.2, 0.25) is 0 Å². The predicted molar refractivity (Wildman–Crippen MR) is 43.5 cm³/mol. The van der Waals surface area contributed by atoms with Crippen LogP contribution in [0.4, 0.5) is 0 Å². The molecule has 0 unspecified atom stereocenters. The first-order chi connectivity index (χ1) is 5.24. The summed E-state index contributed by atoms with van der Waals surface area (Å²) >= 11 is 0. The molecule has 11 heavy (non-hydrogen) atoms. The van der Waals surface area contributed by atoms with Crippen molar-refractivity contribution in [3.8, 4) is 0 Å². The molecule has 0 saturated carbocycles. The van der Waals surface area contributed by atoms with Crippen LogP contribution in [0.15, 0.2) is 0 Å². The van der Waals surface area contributed by atoms with Crippen molar-refractivity contribution in [2.75, 3.05) is 19.8 Å². The Kier molecular flexibility index (Phi) is 3.30. The van der Waals surface area contributed by atoms with Gasteiger partial charge in [0.05, 0.1) is 25.9 Å². The SMILES string of the molecule is CC(C)[C@@H](CO)NC1COC1. The zero-order valence-corrected chi connectivity index (χ0v) is 7.21. The molecule has 2 N–H and O–H groups in total. The van der Waals surface area contributed by atoms with Crippen molar-refractivity contribution >= 4 is 0 Å². The number of rotatable bonds is 4. The molecule has 0 bridgehead atoms. The topological polar surface area (TPSA) is 41.5 Å². The zero-order chi connectivity index (χ0) is 8.27. The molecule has 3 nitrogen and oxygen atoms in total. The average Bonchev–Trinajstić information content (AvgIpc) is 1.85. The Morgan fingerprint density at radius 2 is 2.18 bits per heavy atom. The highest BCUT2D eigenvalue weighted by molar-refractivity contribution is 4.79. The van der Waals surface area contributed by atoms with Crippen LogP contribution in [0.5, 0.6) is 0 Å². The fraction of sp³-hybridized carbons (Fsp3) is 1.00. The van der Waals surface area contributed by atoms with E-state index in [4.69, 9.17) is 9.84 Å². The van der Waals surface area contributed by atoms with E-state index in [1.165, 1.54) is 0 Å². The van der Waals surface area contributed by atoms with E-state index in [0.717, 1.165) is 13.2 Å². The number of aliphatic hydroxyl groups excluding tert-OH is 1. The van der Waals surface area contributed by atoms with Crippen molar-refractivity contribution in [3.63, 3.8) is 0 Å². The summed E-state index contributed by atoms with van der Waals surface area (Å²) < 4.78 is 5.02.